The van der Waals surface area contributed by atoms with E-state index in [9.17, 15) is 18.0 Å². The maximum atomic E-state index is 12.9. The summed E-state index contributed by atoms with van der Waals surface area (Å²) in [5.41, 5.74) is 3.16. The molecule has 0 atom stereocenters. The lowest BCUT2D eigenvalue weighted by atomic mass is 10.1. The Morgan fingerprint density at radius 1 is 1.06 bits per heavy atom. The van der Waals surface area contributed by atoms with Gasteiger partial charge in [0.2, 0.25) is 5.91 Å². The molecule has 1 N–H and O–H groups in total. The number of carbonyl (C=O) groups excluding carboxylic acids is 1. The summed E-state index contributed by atoms with van der Waals surface area (Å²) in [6.07, 6.45) is -1.06. The average molecular weight is 432 g/mol. The van der Waals surface area contributed by atoms with Crippen LogP contribution < -0.4 is 10.2 Å². The molecule has 31 heavy (non-hydrogen) atoms. The Hall–Kier alpha value is -3.17. The third-order valence-corrected chi connectivity index (χ3v) is 5.51. The largest absolute Gasteiger partial charge is 0.453 e. The number of rotatable bonds is 4. The summed E-state index contributed by atoms with van der Waals surface area (Å²) >= 11 is 0. The van der Waals surface area contributed by atoms with Gasteiger partial charge in [0.05, 0.1) is 6.42 Å². The SMILES string of the molecule is Cc1nc2nc(C(F)(F)F)nn2c(C)c1CC(=O)Nc1ccc(N2CCCCC2)cc1. The molecule has 3 heterocycles. The van der Waals surface area contributed by atoms with Gasteiger partial charge in [-0.1, -0.05) is 0 Å². The van der Waals surface area contributed by atoms with E-state index in [0.717, 1.165) is 23.3 Å². The van der Waals surface area contributed by atoms with Gasteiger partial charge in [0.1, 0.15) is 0 Å². The van der Waals surface area contributed by atoms with Crippen molar-refractivity contribution in [2.24, 2.45) is 0 Å². The number of amides is 1. The Morgan fingerprint density at radius 2 is 1.74 bits per heavy atom. The Kier molecular flexibility index (Phi) is 5.55. The molecule has 0 radical (unpaired) electrons. The molecule has 0 spiro atoms. The monoisotopic (exact) mass is 432 g/mol. The summed E-state index contributed by atoms with van der Waals surface area (Å²) in [7, 11) is 0. The van der Waals surface area contributed by atoms with Crippen molar-refractivity contribution in [1.29, 1.82) is 0 Å². The van der Waals surface area contributed by atoms with E-state index in [1.165, 1.54) is 19.3 Å². The van der Waals surface area contributed by atoms with Gasteiger partial charge in [0.15, 0.2) is 0 Å². The van der Waals surface area contributed by atoms with Crippen LogP contribution in [-0.2, 0) is 17.4 Å². The molecule has 1 fully saturated rings. The predicted octanol–water partition coefficient (Wildman–Crippen LogP) is 3.93. The van der Waals surface area contributed by atoms with E-state index in [1.807, 2.05) is 24.3 Å². The minimum atomic E-state index is -4.66. The first kappa shape index (κ1) is 21.1. The highest BCUT2D eigenvalue weighted by Crippen LogP contribution is 2.27. The van der Waals surface area contributed by atoms with Gasteiger partial charge in [-0.15, -0.1) is 5.10 Å². The van der Waals surface area contributed by atoms with Crippen molar-refractivity contribution < 1.29 is 18.0 Å². The van der Waals surface area contributed by atoms with Gasteiger partial charge in [-0.05, 0) is 57.4 Å². The van der Waals surface area contributed by atoms with Crippen molar-refractivity contribution in [3.63, 3.8) is 0 Å². The quantitative estimate of drug-likeness (QED) is 0.676. The molecule has 4 rings (SSSR count). The number of aromatic nitrogens is 4. The summed E-state index contributed by atoms with van der Waals surface area (Å²) in [6, 6.07) is 7.68. The van der Waals surface area contributed by atoms with Crippen molar-refractivity contribution in [3.05, 3.63) is 47.0 Å². The molecule has 3 aromatic rings. The third-order valence-electron chi connectivity index (χ3n) is 5.51. The van der Waals surface area contributed by atoms with Gasteiger partial charge in [0, 0.05) is 41.4 Å². The Balaban J connectivity index is 1.49. The zero-order valence-corrected chi connectivity index (χ0v) is 17.3. The number of benzene rings is 1. The Morgan fingerprint density at radius 3 is 2.39 bits per heavy atom. The number of alkyl halides is 3. The van der Waals surface area contributed by atoms with E-state index >= 15 is 0 Å². The summed E-state index contributed by atoms with van der Waals surface area (Å²) in [5, 5.41) is 6.35. The molecule has 0 bridgehead atoms. The molecule has 1 amide bonds. The van der Waals surface area contributed by atoms with Crippen LogP contribution in [0.2, 0.25) is 0 Å². The zero-order valence-electron chi connectivity index (χ0n) is 17.3. The average Bonchev–Trinajstić information content (AvgIpc) is 3.17. The molecular formula is C21H23F3N6O. The number of fused-ring (bicyclic) bond motifs is 1. The minimum Gasteiger partial charge on any atom is -0.372 e. The van der Waals surface area contributed by atoms with E-state index in [2.05, 4.69) is 25.3 Å². The van der Waals surface area contributed by atoms with E-state index in [-0.39, 0.29) is 18.1 Å². The second-order valence-corrected chi connectivity index (χ2v) is 7.73. The maximum absolute atomic E-state index is 12.9. The summed E-state index contributed by atoms with van der Waals surface area (Å²) in [5.74, 6) is -1.67. The van der Waals surface area contributed by atoms with E-state index in [4.69, 9.17) is 0 Å². The van der Waals surface area contributed by atoms with Crippen molar-refractivity contribution >= 4 is 23.1 Å². The molecule has 10 heteroatoms. The number of hydrogen-bond acceptors (Lipinski definition) is 5. The van der Waals surface area contributed by atoms with Crippen LogP contribution in [0, 0.1) is 13.8 Å². The van der Waals surface area contributed by atoms with Crippen LogP contribution in [0.25, 0.3) is 5.78 Å². The van der Waals surface area contributed by atoms with Crippen LogP contribution in [0.5, 0.6) is 0 Å². The molecule has 1 aliphatic rings. The van der Waals surface area contributed by atoms with Crippen LogP contribution in [-0.4, -0.2) is 38.6 Å². The van der Waals surface area contributed by atoms with Crippen LogP contribution in [0.15, 0.2) is 24.3 Å². The Bertz CT molecular complexity index is 1100. The van der Waals surface area contributed by atoms with Crippen LogP contribution >= 0.6 is 0 Å². The molecule has 2 aromatic heterocycles. The molecule has 7 nitrogen and oxygen atoms in total. The van der Waals surface area contributed by atoms with Gasteiger partial charge >= 0.3 is 6.18 Å². The molecule has 0 unspecified atom stereocenters. The van der Waals surface area contributed by atoms with Gasteiger partial charge in [-0.2, -0.15) is 18.2 Å². The molecule has 1 aliphatic heterocycles. The zero-order chi connectivity index (χ0) is 22.2. The fourth-order valence-corrected chi connectivity index (χ4v) is 3.86. The summed E-state index contributed by atoms with van der Waals surface area (Å²) < 4.78 is 39.8. The maximum Gasteiger partial charge on any atom is 0.453 e. The fourth-order valence-electron chi connectivity index (χ4n) is 3.86. The molecule has 164 valence electrons. The van der Waals surface area contributed by atoms with Gasteiger partial charge in [-0.25, -0.2) is 9.50 Å². The minimum absolute atomic E-state index is 0.0320. The topological polar surface area (TPSA) is 75.4 Å². The standard InChI is InChI=1S/C21H23F3N6O/c1-13-17(14(2)30-20(25-13)27-19(28-30)21(22,23)24)12-18(31)26-15-6-8-16(9-7-15)29-10-4-3-5-11-29/h6-9H,3-5,10-12H2,1-2H3,(H,26,31). The van der Waals surface area contributed by atoms with Gasteiger partial charge in [0.25, 0.3) is 11.6 Å². The highest BCUT2D eigenvalue weighted by Gasteiger charge is 2.37. The summed E-state index contributed by atoms with van der Waals surface area (Å²) in [6.45, 7) is 5.33. The third kappa shape index (κ3) is 4.47. The summed E-state index contributed by atoms with van der Waals surface area (Å²) in [4.78, 5) is 22.5. The number of piperidine rings is 1. The van der Waals surface area contributed by atoms with E-state index < -0.39 is 12.0 Å². The second kappa shape index (κ2) is 8.16. The number of carbonyl (C=O) groups is 1. The number of aryl methyl sites for hydroxylation is 2. The highest BCUT2D eigenvalue weighted by atomic mass is 19.4. The molecule has 0 saturated carbocycles. The number of halogens is 3. The lowest BCUT2D eigenvalue weighted by Crippen LogP contribution is -2.29. The fraction of sp³-hybridized carbons (Fsp3) is 0.429. The van der Waals surface area contributed by atoms with Crippen molar-refractivity contribution in [2.75, 3.05) is 23.3 Å². The van der Waals surface area contributed by atoms with Crippen molar-refractivity contribution in [3.8, 4) is 0 Å². The number of nitrogens with one attached hydrogen (secondary N) is 1. The predicted molar refractivity (Wildman–Crippen MR) is 110 cm³/mol. The van der Waals surface area contributed by atoms with Crippen molar-refractivity contribution in [2.45, 2.75) is 45.7 Å². The lowest BCUT2D eigenvalue weighted by molar-refractivity contribution is -0.144. The molecular weight excluding hydrogens is 409 g/mol. The van der Waals surface area contributed by atoms with Crippen LogP contribution in [0.1, 0.15) is 42.0 Å². The normalized spacial score (nSPS) is 14.8. The number of anilines is 2. The van der Waals surface area contributed by atoms with Crippen molar-refractivity contribution in [1.82, 2.24) is 19.6 Å². The first-order valence-electron chi connectivity index (χ1n) is 10.2. The molecule has 1 saturated heterocycles. The first-order valence-corrected chi connectivity index (χ1v) is 10.2. The second-order valence-electron chi connectivity index (χ2n) is 7.73. The van der Waals surface area contributed by atoms with Crippen LogP contribution in [0.3, 0.4) is 0 Å². The molecule has 0 aliphatic carbocycles. The van der Waals surface area contributed by atoms with Crippen LogP contribution in [0.4, 0.5) is 24.5 Å². The Labute approximate surface area is 177 Å². The smallest absolute Gasteiger partial charge is 0.372 e. The highest BCUT2D eigenvalue weighted by molar-refractivity contribution is 5.92. The molecule has 1 aromatic carbocycles. The first-order chi connectivity index (χ1) is 14.7. The lowest BCUT2D eigenvalue weighted by Gasteiger charge is -2.28. The van der Waals surface area contributed by atoms with Gasteiger partial charge < -0.3 is 10.2 Å². The van der Waals surface area contributed by atoms with Gasteiger partial charge in [-0.3, -0.25) is 4.79 Å². The number of nitrogens with zero attached hydrogens (tertiary/aromatic N) is 5. The number of hydrogen-bond donors (Lipinski definition) is 1. The van der Waals surface area contributed by atoms with E-state index in [1.54, 1.807) is 13.8 Å². The van der Waals surface area contributed by atoms with E-state index in [0.29, 0.717) is 22.6 Å².